The number of nitrogens with one attached hydrogen (secondary N) is 1. The van der Waals surface area contributed by atoms with Gasteiger partial charge in [0.1, 0.15) is 11.4 Å². The van der Waals surface area contributed by atoms with E-state index >= 15 is 0 Å². The van der Waals surface area contributed by atoms with E-state index in [0.29, 0.717) is 13.2 Å². The standard InChI is InChI=1S/C18H19NO4/c20-17-4-5-18(21-8-9-22-18)15-16(17)6-7-19-13(17)10-11-2-1-3-12(23-15)14(11)16/h1-5,13,15,19-20H,6-10H2. The van der Waals surface area contributed by atoms with Crippen LogP contribution in [0.25, 0.3) is 0 Å². The normalized spacial score (nSPS) is 44.2. The van der Waals surface area contributed by atoms with Crippen LogP contribution in [0.2, 0.25) is 0 Å². The fourth-order valence-corrected chi connectivity index (χ4v) is 5.65. The van der Waals surface area contributed by atoms with E-state index in [2.05, 4.69) is 11.4 Å². The number of fused-ring (bicyclic) bond motifs is 1. The van der Waals surface area contributed by atoms with Crippen LogP contribution in [0.4, 0.5) is 0 Å². The molecule has 0 saturated carbocycles. The van der Waals surface area contributed by atoms with Crippen molar-refractivity contribution in [3.63, 3.8) is 0 Å². The molecule has 0 amide bonds. The van der Waals surface area contributed by atoms with Gasteiger partial charge < -0.3 is 24.6 Å². The van der Waals surface area contributed by atoms with E-state index in [-0.39, 0.29) is 12.1 Å². The summed E-state index contributed by atoms with van der Waals surface area (Å²) in [7, 11) is 0. The predicted molar refractivity (Wildman–Crippen MR) is 81.4 cm³/mol. The molecule has 1 aromatic rings. The van der Waals surface area contributed by atoms with E-state index < -0.39 is 16.8 Å². The maximum atomic E-state index is 11.7. The van der Waals surface area contributed by atoms with Gasteiger partial charge in [0.2, 0.25) is 5.79 Å². The Bertz CT molecular complexity index is 741. The van der Waals surface area contributed by atoms with Crippen molar-refractivity contribution in [3.05, 3.63) is 41.5 Å². The number of ether oxygens (including phenoxy) is 3. The van der Waals surface area contributed by atoms with E-state index in [0.717, 1.165) is 25.1 Å². The molecule has 2 N–H and O–H groups in total. The van der Waals surface area contributed by atoms with Gasteiger partial charge in [0.05, 0.1) is 18.6 Å². The lowest BCUT2D eigenvalue weighted by atomic mass is 9.50. The highest BCUT2D eigenvalue weighted by atomic mass is 16.8. The van der Waals surface area contributed by atoms with Gasteiger partial charge in [-0.1, -0.05) is 12.1 Å². The lowest BCUT2D eigenvalue weighted by Crippen LogP contribution is -2.77. The molecule has 5 heteroatoms. The van der Waals surface area contributed by atoms with Crippen molar-refractivity contribution in [2.24, 2.45) is 0 Å². The van der Waals surface area contributed by atoms with Crippen molar-refractivity contribution < 1.29 is 19.3 Å². The molecular weight excluding hydrogens is 294 g/mol. The van der Waals surface area contributed by atoms with Gasteiger partial charge >= 0.3 is 0 Å². The summed E-state index contributed by atoms with van der Waals surface area (Å²) in [4.78, 5) is 0. The number of rotatable bonds is 0. The van der Waals surface area contributed by atoms with Gasteiger partial charge in [0.25, 0.3) is 0 Å². The van der Waals surface area contributed by atoms with Crippen LogP contribution in [0.1, 0.15) is 17.5 Å². The number of aliphatic hydroxyl groups is 1. The molecular formula is C18H19NO4. The largest absolute Gasteiger partial charge is 0.483 e. The summed E-state index contributed by atoms with van der Waals surface area (Å²) >= 11 is 0. The van der Waals surface area contributed by atoms with Crippen LogP contribution in [0.3, 0.4) is 0 Å². The quantitative estimate of drug-likeness (QED) is 0.689. The topological polar surface area (TPSA) is 60.0 Å². The van der Waals surface area contributed by atoms with Crippen LogP contribution < -0.4 is 10.1 Å². The summed E-state index contributed by atoms with van der Waals surface area (Å²) in [5.74, 6) is 0.00956. The van der Waals surface area contributed by atoms with Gasteiger partial charge in [-0.05, 0) is 43.2 Å². The van der Waals surface area contributed by atoms with Gasteiger partial charge in [0, 0.05) is 11.6 Å². The minimum atomic E-state index is -0.962. The average Bonchev–Trinajstić information content (AvgIpc) is 3.13. The molecule has 1 aromatic carbocycles. The SMILES string of the molecule is OC12C=CC3(OCCO3)C3Oc4cccc5c4C31CCNC2C5. The number of benzene rings is 1. The van der Waals surface area contributed by atoms with Crippen LogP contribution in [-0.4, -0.2) is 48.4 Å². The molecule has 5 nitrogen and oxygen atoms in total. The highest BCUT2D eigenvalue weighted by Crippen LogP contribution is 2.63. The lowest BCUT2D eigenvalue weighted by Gasteiger charge is -2.60. The molecule has 4 atom stereocenters. The second kappa shape index (κ2) is 3.81. The van der Waals surface area contributed by atoms with Gasteiger partial charge in [-0.2, -0.15) is 0 Å². The summed E-state index contributed by atoms with van der Waals surface area (Å²) in [5, 5.41) is 15.2. The van der Waals surface area contributed by atoms with Gasteiger partial charge in [0.15, 0.2) is 6.10 Å². The van der Waals surface area contributed by atoms with Gasteiger partial charge in [-0.3, -0.25) is 0 Å². The first-order chi connectivity index (χ1) is 11.2. The molecule has 2 spiro atoms. The Morgan fingerprint density at radius 2 is 2.04 bits per heavy atom. The fraction of sp³-hybridized carbons (Fsp3) is 0.556. The third-order valence-corrected chi connectivity index (χ3v) is 6.50. The third kappa shape index (κ3) is 1.21. The first kappa shape index (κ1) is 13.0. The van der Waals surface area contributed by atoms with Crippen LogP contribution in [0, 0.1) is 0 Å². The van der Waals surface area contributed by atoms with E-state index in [4.69, 9.17) is 14.2 Å². The smallest absolute Gasteiger partial charge is 0.227 e. The van der Waals surface area contributed by atoms with Crippen molar-refractivity contribution in [2.45, 2.75) is 41.8 Å². The first-order valence-corrected chi connectivity index (χ1v) is 8.43. The first-order valence-electron chi connectivity index (χ1n) is 8.43. The van der Waals surface area contributed by atoms with Crippen molar-refractivity contribution in [1.29, 1.82) is 0 Å². The van der Waals surface area contributed by atoms with Crippen molar-refractivity contribution in [2.75, 3.05) is 19.8 Å². The Kier molecular flexibility index (Phi) is 2.14. The van der Waals surface area contributed by atoms with Crippen molar-refractivity contribution >= 4 is 0 Å². The van der Waals surface area contributed by atoms with E-state index in [1.165, 1.54) is 11.1 Å². The zero-order chi connectivity index (χ0) is 15.3. The molecule has 2 fully saturated rings. The maximum absolute atomic E-state index is 11.7. The monoisotopic (exact) mass is 313 g/mol. The minimum absolute atomic E-state index is 0.00166. The van der Waals surface area contributed by atoms with E-state index in [1.54, 1.807) is 0 Å². The average molecular weight is 313 g/mol. The van der Waals surface area contributed by atoms with Crippen LogP contribution in [-0.2, 0) is 21.3 Å². The number of hydrogen-bond acceptors (Lipinski definition) is 5. The molecule has 5 aliphatic rings. The Hall–Kier alpha value is -1.40. The molecule has 0 radical (unpaired) electrons. The summed E-state index contributed by atoms with van der Waals surface area (Å²) in [6.07, 6.45) is 5.10. The highest BCUT2D eigenvalue weighted by molar-refractivity contribution is 5.60. The van der Waals surface area contributed by atoms with Crippen molar-refractivity contribution in [1.82, 2.24) is 5.32 Å². The molecule has 2 saturated heterocycles. The summed E-state index contributed by atoms with van der Waals surface area (Å²) in [6.45, 7) is 1.98. The third-order valence-electron chi connectivity index (χ3n) is 6.50. The zero-order valence-electron chi connectivity index (χ0n) is 12.7. The molecule has 0 aromatic heterocycles. The lowest BCUT2D eigenvalue weighted by molar-refractivity contribution is -0.228. The minimum Gasteiger partial charge on any atom is -0.483 e. The molecule has 3 heterocycles. The molecule has 6 rings (SSSR count). The number of hydrogen-bond donors (Lipinski definition) is 2. The van der Waals surface area contributed by atoms with Crippen LogP contribution in [0.5, 0.6) is 5.75 Å². The fourth-order valence-electron chi connectivity index (χ4n) is 5.65. The van der Waals surface area contributed by atoms with Crippen molar-refractivity contribution in [3.8, 4) is 5.75 Å². The molecule has 2 aliphatic carbocycles. The molecule has 3 aliphatic heterocycles. The van der Waals surface area contributed by atoms with Crippen LogP contribution >= 0.6 is 0 Å². The molecule has 4 unspecified atom stereocenters. The number of piperidine rings is 1. The zero-order valence-corrected chi connectivity index (χ0v) is 12.7. The highest BCUT2D eigenvalue weighted by Gasteiger charge is 2.74. The van der Waals surface area contributed by atoms with Gasteiger partial charge in [-0.15, -0.1) is 0 Å². The van der Waals surface area contributed by atoms with Gasteiger partial charge in [-0.25, -0.2) is 0 Å². The molecule has 120 valence electrons. The predicted octanol–water partition coefficient (Wildman–Crippen LogP) is 0.647. The Morgan fingerprint density at radius 3 is 2.91 bits per heavy atom. The molecule has 23 heavy (non-hydrogen) atoms. The summed E-state index contributed by atoms with van der Waals surface area (Å²) < 4.78 is 18.4. The summed E-state index contributed by atoms with van der Waals surface area (Å²) in [6, 6.07) is 6.21. The second-order valence-corrected chi connectivity index (χ2v) is 7.30. The molecule has 2 bridgehead atoms. The Balaban J connectivity index is 1.70. The Labute approximate surface area is 134 Å². The Morgan fingerprint density at radius 1 is 1.17 bits per heavy atom. The van der Waals surface area contributed by atoms with E-state index in [9.17, 15) is 5.11 Å². The summed E-state index contributed by atoms with van der Waals surface area (Å²) in [5.41, 5.74) is 0.992. The maximum Gasteiger partial charge on any atom is 0.227 e. The van der Waals surface area contributed by atoms with Crippen LogP contribution in [0.15, 0.2) is 30.4 Å². The second-order valence-electron chi connectivity index (χ2n) is 7.30. The van der Waals surface area contributed by atoms with E-state index in [1.807, 2.05) is 24.3 Å².